The number of fused-ring (bicyclic) bond motifs is 24. The first-order valence-corrected chi connectivity index (χ1v) is 59.2. The molecule has 5 heteroatoms. The van der Waals surface area contributed by atoms with Gasteiger partial charge in [-0.2, -0.15) is 0 Å². The second kappa shape index (κ2) is 31.9. The summed E-state index contributed by atoms with van der Waals surface area (Å²) in [5, 5.41) is 35.3. The lowest BCUT2D eigenvalue weighted by Gasteiger charge is -2.31. The molecule has 0 saturated heterocycles. The molecule has 28 rings (SSSR count). The zero-order chi connectivity index (χ0) is 99.1. The van der Waals surface area contributed by atoms with E-state index in [4.69, 9.17) is 13.3 Å². The molecule has 3 aromatic heterocycles. The number of aryl methyl sites for hydroxylation is 2. The van der Waals surface area contributed by atoms with Crippen molar-refractivity contribution in [1.29, 1.82) is 0 Å². The van der Waals surface area contributed by atoms with Gasteiger partial charge in [-0.25, -0.2) is 0 Å². The van der Waals surface area contributed by atoms with Gasteiger partial charge in [0.2, 0.25) is 0 Å². The standard InChI is InChI=1S/C53H52OSi2.C45H32O.C41H40O/c1-9-25-55(5,6)47-32-42-50-38-24-22-36(34-19-15-12-16-20-34)28-45(38)54-46(50)30-40-48(56(7,8)26-10-2)31-41-49-37-23-21-35(33-17-13-11-14-18-33)27-43(37)53(3,4)44(49)29-39(47)51(41)52(40)42;1-25-11-9-13-27(19-25)31-22-36-42-30-16-6-8-18-39(30)46-40(42)24-34-32(28-14-10-12-26(2)20-28)21-35-41-29-15-5-7-17-37(29)45(3,4)38(41)23-33(31)43(35)44(34)36;1-21(2)25-18-31-37-29-16-23(40(5,6)7)14-15-34(29)42-35(37)20-28-26(22(3)4)17-30-36-24-12-10-11-13-32(24)41(8,9)33(36)19-27(25)38(30)39(28)31/h11-24,27-32H,9-10,25-26H2,1-8H3;5-24H,1-4H3;10-22H,1-9H3. The Morgan fingerprint density at radius 3 is 1.21 bits per heavy atom. The minimum absolute atomic E-state index is 0.0417. The van der Waals surface area contributed by atoms with Crippen molar-refractivity contribution < 1.29 is 13.3 Å². The Morgan fingerprint density at radius 2 is 0.632 bits per heavy atom. The van der Waals surface area contributed by atoms with Crippen LogP contribution in [-0.2, 0) is 21.7 Å². The van der Waals surface area contributed by atoms with Crippen LogP contribution in [0.4, 0.5) is 0 Å². The molecule has 3 aliphatic carbocycles. The molecule has 144 heavy (non-hydrogen) atoms. The lowest BCUT2D eigenvalue weighted by molar-refractivity contribution is 0.590. The van der Waals surface area contributed by atoms with Gasteiger partial charge in [0.05, 0.1) is 16.1 Å². The van der Waals surface area contributed by atoms with E-state index in [0.717, 1.165) is 33.5 Å². The number of furan rings is 3. The van der Waals surface area contributed by atoms with Crippen molar-refractivity contribution in [2.45, 2.75) is 202 Å². The quantitative estimate of drug-likeness (QED) is 0.0904. The average molecular weight is 1900 g/mol. The molecule has 3 nitrogen and oxygen atoms in total. The molecule has 0 radical (unpaired) electrons. The molecule has 0 aliphatic heterocycles. The van der Waals surface area contributed by atoms with E-state index in [-0.39, 0.29) is 21.7 Å². The van der Waals surface area contributed by atoms with Crippen molar-refractivity contribution in [3.8, 4) is 77.9 Å². The summed E-state index contributed by atoms with van der Waals surface area (Å²) in [6, 6.07) is 120. The van der Waals surface area contributed by atoms with Crippen molar-refractivity contribution in [2.75, 3.05) is 0 Å². The molecule has 0 spiro atoms. The van der Waals surface area contributed by atoms with E-state index in [9.17, 15) is 0 Å². The largest absolute Gasteiger partial charge is 0.456 e. The molecule has 3 aliphatic rings. The van der Waals surface area contributed by atoms with Crippen LogP contribution in [0.3, 0.4) is 0 Å². The molecular formula is C139H124O3Si2. The maximum atomic E-state index is 6.99. The van der Waals surface area contributed by atoms with Gasteiger partial charge in [-0.1, -0.05) is 389 Å². The van der Waals surface area contributed by atoms with Crippen molar-refractivity contribution in [3.05, 3.63) is 371 Å². The molecule has 0 unspecified atom stereocenters. The monoisotopic (exact) mass is 1900 g/mol. The number of benzene rings is 22. The maximum Gasteiger partial charge on any atom is 0.136 e. The van der Waals surface area contributed by atoms with Crippen LogP contribution in [-0.4, -0.2) is 16.1 Å². The first kappa shape index (κ1) is 89.9. The SMILES string of the molecule is CC(C)c1cc2c3c(cc4c(C(C)C)cc5c6c(cc1c5c42)C(C)(C)c1ccccc1-6)oc1ccc(C(C)(C)C)cc13.CCC[Si](C)(C)c1cc2c3c(cc4c([Si](C)(C)CCC)cc5c6c(cc1c5c42)C(C)(C)c1cc(-c2ccccc2)ccc1-6)oc1cc(-c2ccccc2)ccc13.Cc1cccc(-c2cc3c4c(cc5c(-c6cccc(C)c6)cc6c7c(cc2c6c53)C(C)(C)c2ccccc2-7)oc2ccccc24)c1. The summed E-state index contributed by atoms with van der Waals surface area (Å²) in [5.74, 6) is 0.778. The minimum atomic E-state index is -1.89. The zero-order valence-corrected chi connectivity index (χ0v) is 89.2. The highest BCUT2D eigenvalue weighted by Gasteiger charge is 2.44. The van der Waals surface area contributed by atoms with Crippen LogP contribution in [0.5, 0.6) is 0 Å². The van der Waals surface area contributed by atoms with Gasteiger partial charge in [-0.3, -0.25) is 0 Å². The Morgan fingerprint density at radius 1 is 0.250 bits per heavy atom. The zero-order valence-electron chi connectivity index (χ0n) is 87.2. The van der Waals surface area contributed by atoms with E-state index < -0.39 is 16.1 Å². The third-order valence-electron chi connectivity index (χ3n) is 34.6. The van der Waals surface area contributed by atoms with Gasteiger partial charge in [0.15, 0.2) is 0 Å². The fraction of sp³-hybridized carbons (Fsp3) is 0.223. The van der Waals surface area contributed by atoms with Gasteiger partial charge in [-0.05, 0) is 353 Å². The van der Waals surface area contributed by atoms with E-state index in [0.29, 0.717) is 11.8 Å². The molecule has 0 bridgehead atoms. The van der Waals surface area contributed by atoms with Crippen LogP contribution in [0.2, 0.25) is 38.3 Å². The average Bonchev–Trinajstić information content (AvgIpc) is 1.56. The number of hydrogen-bond acceptors (Lipinski definition) is 3. The molecule has 0 atom stereocenters. The Hall–Kier alpha value is -14.2. The molecule has 0 N–H and O–H groups in total. The maximum absolute atomic E-state index is 6.99. The summed E-state index contributed by atoms with van der Waals surface area (Å²) in [6.07, 6.45) is 2.39. The highest BCUT2D eigenvalue weighted by molar-refractivity contribution is 6.93. The summed E-state index contributed by atoms with van der Waals surface area (Å²) in [7, 11) is -3.78. The Kier molecular flexibility index (Phi) is 19.9. The van der Waals surface area contributed by atoms with Gasteiger partial charge in [0.25, 0.3) is 0 Å². The first-order valence-electron chi connectivity index (χ1n) is 52.8. The van der Waals surface area contributed by atoms with Crippen molar-refractivity contribution in [3.63, 3.8) is 0 Å². The third-order valence-corrected chi connectivity index (χ3v) is 41.8. The fourth-order valence-electron chi connectivity index (χ4n) is 27.4. The van der Waals surface area contributed by atoms with Gasteiger partial charge >= 0.3 is 0 Å². The lowest BCUT2D eigenvalue weighted by atomic mass is 9.77. The molecule has 0 fully saturated rings. The van der Waals surface area contributed by atoms with E-state index in [2.05, 4.69) is 453 Å². The Balaban J connectivity index is 0.000000111. The summed E-state index contributed by atoms with van der Waals surface area (Å²) < 4.78 is 20.3. The van der Waals surface area contributed by atoms with Gasteiger partial charge in [-0.15, -0.1) is 0 Å². The van der Waals surface area contributed by atoms with Crippen LogP contribution >= 0.6 is 0 Å². The second-order valence-electron chi connectivity index (χ2n) is 47.3. The van der Waals surface area contributed by atoms with Gasteiger partial charge < -0.3 is 13.3 Å². The second-order valence-corrected chi connectivity index (χ2v) is 57.0. The van der Waals surface area contributed by atoms with Crippen molar-refractivity contribution >= 4 is 189 Å². The Bertz CT molecular complexity index is 9750. The summed E-state index contributed by atoms with van der Waals surface area (Å²) in [4.78, 5) is 0. The van der Waals surface area contributed by atoms with Crippen LogP contribution < -0.4 is 10.4 Å². The van der Waals surface area contributed by atoms with Crippen molar-refractivity contribution in [1.82, 2.24) is 0 Å². The van der Waals surface area contributed by atoms with Crippen molar-refractivity contribution in [2.24, 2.45) is 0 Å². The molecular weight excluding hydrogens is 1770 g/mol. The lowest BCUT2D eigenvalue weighted by Crippen LogP contribution is -2.43. The molecule has 3 heterocycles. The minimum Gasteiger partial charge on any atom is -0.456 e. The molecule has 25 aromatic rings. The highest BCUT2D eigenvalue weighted by Crippen LogP contribution is 2.62. The molecule has 0 saturated carbocycles. The number of para-hydroxylation sites is 1. The summed E-state index contributed by atoms with van der Waals surface area (Å²) in [6.45, 7) is 50.3. The summed E-state index contributed by atoms with van der Waals surface area (Å²) in [5.41, 5.74) is 39.4. The van der Waals surface area contributed by atoms with Gasteiger partial charge in [0.1, 0.15) is 33.5 Å². The van der Waals surface area contributed by atoms with Crippen LogP contribution in [0.25, 0.3) is 241 Å². The van der Waals surface area contributed by atoms with E-state index in [1.54, 1.807) is 10.4 Å². The van der Waals surface area contributed by atoms with E-state index in [1.807, 2.05) is 0 Å². The van der Waals surface area contributed by atoms with Crippen LogP contribution in [0, 0.1) is 13.8 Å². The fourth-order valence-corrected chi connectivity index (χ4v) is 33.4. The summed E-state index contributed by atoms with van der Waals surface area (Å²) >= 11 is 0. The number of hydrogen-bond donors (Lipinski definition) is 0. The molecule has 22 aromatic carbocycles. The highest BCUT2D eigenvalue weighted by atomic mass is 28.3. The van der Waals surface area contributed by atoms with E-state index in [1.165, 1.54) is 293 Å². The van der Waals surface area contributed by atoms with Crippen LogP contribution in [0.1, 0.15) is 190 Å². The molecule has 706 valence electrons. The predicted octanol–water partition coefficient (Wildman–Crippen LogP) is 39.8. The molecule has 0 amide bonds. The topological polar surface area (TPSA) is 39.4 Å². The third kappa shape index (κ3) is 13.1. The first-order chi connectivity index (χ1) is 69.2. The predicted molar refractivity (Wildman–Crippen MR) is 627 cm³/mol. The number of rotatable bonds is 12. The smallest absolute Gasteiger partial charge is 0.136 e. The van der Waals surface area contributed by atoms with Gasteiger partial charge in [0, 0.05) is 48.6 Å². The van der Waals surface area contributed by atoms with Crippen LogP contribution in [0.15, 0.2) is 323 Å². The Labute approximate surface area is 847 Å². The normalized spacial score (nSPS) is 14.3. The van der Waals surface area contributed by atoms with E-state index >= 15 is 0 Å².